The molecule has 0 fully saturated rings. The molecular formula is C17H29NS. The minimum absolute atomic E-state index is 0.231. The molecule has 108 valence electrons. The van der Waals surface area contributed by atoms with Crippen LogP contribution in [-0.4, -0.2) is 12.3 Å². The second kappa shape index (κ2) is 6.81. The van der Waals surface area contributed by atoms with E-state index >= 15 is 0 Å². The second-order valence-electron chi connectivity index (χ2n) is 6.69. The van der Waals surface area contributed by atoms with Crippen molar-refractivity contribution in [3.8, 4) is 0 Å². The molecule has 0 bridgehead atoms. The first-order valence-electron chi connectivity index (χ1n) is 7.14. The number of aryl methyl sites for hydroxylation is 2. The molecule has 0 amide bonds. The van der Waals surface area contributed by atoms with E-state index in [4.69, 9.17) is 5.73 Å². The molecule has 1 rings (SSSR count). The molecule has 1 aromatic carbocycles. The van der Waals surface area contributed by atoms with Crippen molar-refractivity contribution in [2.45, 2.75) is 52.7 Å². The van der Waals surface area contributed by atoms with E-state index < -0.39 is 0 Å². The van der Waals surface area contributed by atoms with Crippen molar-refractivity contribution in [3.05, 3.63) is 34.4 Å². The van der Waals surface area contributed by atoms with Gasteiger partial charge in [0.05, 0.1) is 0 Å². The fraction of sp³-hybridized carbons (Fsp3) is 0.647. The molecule has 1 aromatic rings. The molecule has 0 saturated carbocycles. The number of hydrogen-bond acceptors (Lipinski definition) is 2. The Balaban J connectivity index is 2.80. The molecule has 0 saturated heterocycles. The van der Waals surface area contributed by atoms with Crippen molar-refractivity contribution in [2.24, 2.45) is 11.7 Å². The smallest absolute Gasteiger partial charge is 0.0189 e. The first-order valence-corrected chi connectivity index (χ1v) is 8.29. The number of hydrogen-bond donors (Lipinski definition) is 1. The van der Waals surface area contributed by atoms with Crippen molar-refractivity contribution >= 4 is 11.8 Å². The van der Waals surface area contributed by atoms with Crippen LogP contribution in [0.5, 0.6) is 0 Å². The average molecular weight is 279 g/mol. The third kappa shape index (κ3) is 4.85. The lowest BCUT2D eigenvalue weighted by Gasteiger charge is -2.22. The van der Waals surface area contributed by atoms with Crippen LogP contribution in [0.2, 0.25) is 0 Å². The maximum Gasteiger partial charge on any atom is 0.0189 e. The van der Waals surface area contributed by atoms with Gasteiger partial charge in [0.15, 0.2) is 0 Å². The number of benzene rings is 1. The van der Waals surface area contributed by atoms with E-state index in [1.54, 1.807) is 0 Å². The zero-order chi connectivity index (χ0) is 14.6. The predicted octanol–water partition coefficient (Wildman–Crippen LogP) is 4.43. The topological polar surface area (TPSA) is 26.0 Å². The molecule has 1 atom stereocenters. The molecular weight excluding hydrogens is 250 g/mol. The van der Waals surface area contributed by atoms with Crippen LogP contribution in [0.1, 0.15) is 49.9 Å². The highest BCUT2D eigenvalue weighted by Crippen LogP contribution is 2.29. The zero-order valence-electron chi connectivity index (χ0n) is 13.3. The lowest BCUT2D eigenvalue weighted by molar-refractivity contribution is 0.589. The van der Waals surface area contributed by atoms with Gasteiger partial charge in [0.25, 0.3) is 0 Å². The maximum atomic E-state index is 5.67. The van der Waals surface area contributed by atoms with Crippen LogP contribution in [-0.2, 0) is 11.2 Å². The third-order valence-electron chi connectivity index (χ3n) is 3.61. The lowest BCUT2D eigenvalue weighted by atomic mass is 9.84. The second-order valence-corrected chi connectivity index (χ2v) is 7.72. The fourth-order valence-electron chi connectivity index (χ4n) is 2.08. The highest BCUT2D eigenvalue weighted by molar-refractivity contribution is 7.98. The Bertz CT molecular complexity index is 395. The van der Waals surface area contributed by atoms with Gasteiger partial charge in [0, 0.05) is 5.75 Å². The third-order valence-corrected chi connectivity index (χ3v) is 4.91. The fourth-order valence-corrected chi connectivity index (χ4v) is 3.40. The quantitative estimate of drug-likeness (QED) is 0.863. The van der Waals surface area contributed by atoms with Crippen LogP contribution >= 0.6 is 11.8 Å². The molecule has 0 aliphatic rings. The van der Waals surface area contributed by atoms with E-state index in [1.807, 2.05) is 11.8 Å². The summed E-state index contributed by atoms with van der Waals surface area (Å²) >= 11 is 2.00. The van der Waals surface area contributed by atoms with Gasteiger partial charge in [0.1, 0.15) is 0 Å². The Labute approximate surface area is 123 Å². The molecule has 0 aliphatic carbocycles. The normalized spacial score (nSPS) is 13.6. The summed E-state index contributed by atoms with van der Waals surface area (Å²) in [7, 11) is 0. The molecule has 0 heterocycles. The van der Waals surface area contributed by atoms with Crippen molar-refractivity contribution in [3.63, 3.8) is 0 Å². The average Bonchev–Trinajstić information content (AvgIpc) is 2.30. The van der Waals surface area contributed by atoms with Crippen LogP contribution in [0.3, 0.4) is 0 Å². The molecule has 0 aliphatic heterocycles. The number of thioether (sulfide) groups is 1. The summed E-state index contributed by atoms with van der Waals surface area (Å²) in [4.78, 5) is 0. The first-order chi connectivity index (χ1) is 8.75. The largest absolute Gasteiger partial charge is 0.330 e. The highest BCUT2D eigenvalue weighted by Gasteiger charge is 2.16. The zero-order valence-corrected chi connectivity index (χ0v) is 14.2. The van der Waals surface area contributed by atoms with Crippen LogP contribution in [0.25, 0.3) is 0 Å². The van der Waals surface area contributed by atoms with Crippen molar-refractivity contribution in [1.82, 2.24) is 0 Å². The van der Waals surface area contributed by atoms with E-state index in [-0.39, 0.29) is 5.41 Å². The monoisotopic (exact) mass is 279 g/mol. The van der Waals surface area contributed by atoms with E-state index in [2.05, 4.69) is 53.7 Å². The molecule has 2 heteroatoms. The van der Waals surface area contributed by atoms with Crippen molar-refractivity contribution < 1.29 is 0 Å². The SMILES string of the molecule is Cc1cc(C(C)(C)C)cc(C)c1CSCC(C)CN. The van der Waals surface area contributed by atoms with Gasteiger partial charge >= 0.3 is 0 Å². The Hall–Kier alpha value is -0.470. The standard InChI is InChI=1S/C17H29NS/c1-12(9-18)10-19-11-16-13(2)7-15(8-14(16)3)17(4,5)6/h7-8,12H,9-11,18H2,1-6H3. The van der Waals surface area contributed by atoms with Gasteiger partial charge in [-0.3, -0.25) is 0 Å². The molecule has 1 unspecified atom stereocenters. The number of rotatable bonds is 5. The molecule has 0 spiro atoms. The van der Waals surface area contributed by atoms with Gasteiger partial charge in [-0.25, -0.2) is 0 Å². The number of nitrogens with two attached hydrogens (primary N) is 1. The van der Waals surface area contributed by atoms with Crippen molar-refractivity contribution in [2.75, 3.05) is 12.3 Å². The van der Waals surface area contributed by atoms with Crippen LogP contribution in [0, 0.1) is 19.8 Å². The lowest BCUT2D eigenvalue weighted by Crippen LogP contribution is -2.13. The van der Waals surface area contributed by atoms with E-state index in [1.165, 1.54) is 22.3 Å². The van der Waals surface area contributed by atoms with Crippen LogP contribution < -0.4 is 5.73 Å². The van der Waals surface area contributed by atoms with Gasteiger partial charge in [0.2, 0.25) is 0 Å². The summed E-state index contributed by atoms with van der Waals surface area (Å²) < 4.78 is 0. The van der Waals surface area contributed by atoms with Crippen molar-refractivity contribution in [1.29, 1.82) is 0 Å². The van der Waals surface area contributed by atoms with Crippen LogP contribution in [0.15, 0.2) is 12.1 Å². The first kappa shape index (κ1) is 16.6. The van der Waals surface area contributed by atoms with E-state index in [0.29, 0.717) is 5.92 Å². The van der Waals surface area contributed by atoms with Gasteiger partial charge < -0.3 is 5.73 Å². The molecule has 19 heavy (non-hydrogen) atoms. The highest BCUT2D eigenvalue weighted by atomic mass is 32.2. The summed E-state index contributed by atoms with van der Waals surface area (Å²) in [6, 6.07) is 4.71. The predicted molar refractivity (Wildman–Crippen MR) is 89.0 cm³/mol. The van der Waals surface area contributed by atoms with E-state index in [9.17, 15) is 0 Å². The Morgan fingerprint density at radius 3 is 2.11 bits per heavy atom. The van der Waals surface area contributed by atoms with Gasteiger partial charge in [-0.05, 0) is 59.7 Å². The summed E-state index contributed by atoms with van der Waals surface area (Å²) in [5.74, 6) is 2.86. The van der Waals surface area contributed by atoms with Gasteiger partial charge in [-0.1, -0.05) is 39.8 Å². The maximum absolute atomic E-state index is 5.67. The van der Waals surface area contributed by atoms with Gasteiger partial charge in [-0.15, -0.1) is 0 Å². The minimum Gasteiger partial charge on any atom is -0.330 e. The Morgan fingerprint density at radius 2 is 1.68 bits per heavy atom. The van der Waals surface area contributed by atoms with Gasteiger partial charge in [-0.2, -0.15) is 11.8 Å². The Morgan fingerprint density at radius 1 is 1.16 bits per heavy atom. The Kier molecular flexibility index (Phi) is 5.94. The minimum atomic E-state index is 0.231. The molecule has 1 nitrogen and oxygen atoms in total. The van der Waals surface area contributed by atoms with E-state index in [0.717, 1.165) is 18.1 Å². The summed E-state index contributed by atoms with van der Waals surface area (Å²) in [5.41, 5.74) is 11.7. The summed E-state index contributed by atoms with van der Waals surface area (Å²) in [6.45, 7) is 14.3. The summed E-state index contributed by atoms with van der Waals surface area (Å²) in [6.07, 6.45) is 0. The van der Waals surface area contributed by atoms with Crippen LogP contribution in [0.4, 0.5) is 0 Å². The molecule has 0 aromatic heterocycles. The molecule has 0 radical (unpaired) electrons. The molecule has 2 N–H and O–H groups in total. The summed E-state index contributed by atoms with van der Waals surface area (Å²) in [5, 5.41) is 0.